The van der Waals surface area contributed by atoms with Crippen LogP contribution in [0.25, 0.3) is 5.69 Å². The highest BCUT2D eigenvalue weighted by Gasteiger charge is 2.38. The molecule has 0 spiro atoms. The van der Waals surface area contributed by atoms with E-state index < -0.39 is 5.60 Å². The molecule has 0 fully saturated rings. The fourth-order valence-corrected chi connectivity index (χ4v) is 4.91. The SMILES string of the molecule is Cn1cncc1C(O)(c1ccc(Cl)cc1)c1ccc2c(c1)CN(c1cccc(Cl)c1)c1nnnn1-2. The van der Waals surface area contributed by atoms with Crippen LogP contribution in [0.15, 0.2) is 79.3 Å². The van der Waals surface area contributed by atoms with Crippen molar-refractivity contribution in [1.82, 2.24) is 29.8 Å². The van der Waals surface area contributed by atoms with Crippen molar-refractivity contribution in [2.45, 2.75) is 12.1 Å². The van der Waals surface area contributed by atoms with Crippen molar-refractivity contribution >= 4 is 34.8 Å². The second-order valence-electron chi connectivity index (χ2n) is 8.41. The summed E-state index contributed by atoms with van der Waals surface area (Å²) in [5.41, 5.74) is 3.18. The topological polar surface area (TPSA) is 84.9 Å². The third-order valence-electron chi connectivity index (χ3n) is 6.32. The maximum absolute atomic E-state index is 12.3. The van der Waals surface area contributed by atoms with Crippen molar-refractivity contribution in [3.63, 3.8) is 0 Å². The van der Waals surface area contributed by atoms with Crippen molar-refractivity contribution in [2.75, 3.05) is 4.90 Å². The molecule has 174 valence electrons. The lowest BCUT2D eigenvalue weighted by molar-refractivity contribution is 0.117. The summed E-state index contributed by atoms with van der Waals surface area (Å²) < 4.78 is 3.50. The molecule has 2 aromatic heterocycles. The van der Waals surface area contributed by atoms with Gasteiger partial charge in [0, 0.05) is 22.8 Å². The van der Waals surface area contributed by atoms with Crippen LogP contribution in [-0.4, -0.2) is 34.9 Å². The number of aromatic nitrogens is 6. The maximum atomic E-state index is 12.3. The molecule has 10 heteroatoms. The van der Waals surface area contributed by atoms with E-state index in [1.165, 1.54) is 0 Å². The highest BCUT2D eigenvalue weighted by molar-refractivity contribution is 6.31. The van der Waals surface area contributed by atoms with Crippen LogP contribution >= 0.6 is 23.2 Å². The Morgan fingerprint density at radius 1 is 0.943 bits per heavy atom. The smallest absolute Gasteiger partial charge is 0.255 e. The lowest BCUT2D eigenvalue weighted by Gasteiger charge is -2.33. The zero-order valence-electron chi connectivity index (χ0n) is 18.5. The summed E-state index contributed by atoms with van der Waals surface area (Å²) in [5, 5.41) is 25.8. The highest BCUT2D eigenvalue weighted by Crippen LogP contribution is 2.40. The number of benzene rings is 3. The molecule has 0 amide bonds. The Hall–Kier alpha value is -3.72. The van der Waals surface area contributed by atoms with E-state index in [0.717, 1.165) is 16.9 Å². The van der Waals surface area contributed by atoms with E-state index in [9.17, 15) is 5.11 Å². The van der Waals surface area contributed by atoms with Crippen molar-refractivity contribution < 1.29 is 5.11 Å². The Morgan fingerprint density at radius 2 is 1.74 bits per heavy atom. The molecule has 0 saturated carbocycles. The predicted molar refractivity (Wildman–Crippen MR) is 133 cm³/mol. The van der Waals surface area contributed by atoms with Gasteiger partial charge in [-0.2, -0.15) is 4.68 Å². The molecule has 35 heavy (non-hydrogen) atoms. The van der Waals surface area contributed by atoms with Gasteiger partial charge in [-0.15, -0.1) is 0 Å². The molecule has 1 N–H and O–H groups in total. The lowest BCUT2D eigenvalue weighted by Crippen LogP contribution is -2.32. The molecular formula is C25H19Cl2N7O. The Balaban J connectivity index is 1.52. The van der Waals surface area contributed by atoms with Crippen LogP contribution in [0, 0.1) is 0 Å². The molecular weight excluding hydrogens is 485 g/mol. The first-order valence-electron chi connectivity index (χ1n) is 10.9. The first-order chi connectivity index (χ1) is 16.9. The predicted octanol–water partition coefficient (Wildman–Crippen LogP) is 4.64. The van der Waals surface area contributed by atoms with Crippen LogP contribution < -0.4 is 4.90 Å². The third kappa shape index (κ3) is 3.49. The summed E-state index contributed by atoms with van der Waals surface area (Å²) in [4.78, 5) is 6.24. The highest BCUT2D eigenvalue weighted by atomic mass is 35.5. The number of fused-ring (bicyclic) bond motifs is 3. The Bertz CT molecular complexity index is 1550. The first-order valence-corrected chi connectivity index (χ1v) is 11.6. The average Bonchev–Trinajstić information content (AvgIpc) is 3.53. The number of tetrazole rings is 1. The molecule has 1 atom stereocenters. The molecule has 0 bridgehead atoms. The van der Waals surface area contributed by atoms with Crippen LogP contribution in [0.5, 0.6) is 0 Å². The van der Waals surface area contributed by atoms with E-state index in [2.05, 4.69) is 20.5 Å². The number of halogens is 2. The second-order valence-corrected chi connectivity index (χ2v) is 9.28. The van der Waals surface area contributed by atoms with Gasteiger partial charge < -0.3 is 14.6 Å². The van der Waals surface area contributed by atoms with Crippen molar-refractivity contribution in [1.29, 1.82) is 0 Å². The fraction of sp³-hybridized carbons (Fsp3) is 0.120. The maximum Gasteiger partial charge on any atom is 0.255 e. The van der Waals surface area contributed by atoms with Gasteiger partial charge in [-0.05, 0) is 69.6 Å². The van der Waals surface area contributed by atoms with Crippen LogP contribution in [0.3, 0.4) is 0 Å². The molecule has 1 aliphatic heterocycles. The van der Waals surface area contributed by atoms with Crippen LogP contribution in [0.4, 0.5) is 11.6 Å². The van der Waals surface area contributed by atoms with Crippen LogP contribution in [0.2, 0.25) is 10.0 Å². The Labute approximate surface area is 211 Å². The summed E-state index contributed by atoms with van der Waals surface area (Å²) in [6.07, 6.45) is 3.34. The van der Waals surface area contributed by atoms with Gasteiger partial charge in [0.25, 0.3) is 5.95 Å². The molecule has 0 aliphatic carbocycles. The molecule has 1 unspecified atom stereocenters. The van der Waals surface area contributed by atoms with E-state index in [4.69, 9.17) is 23.2 Å². The standard InChI is InChI=1S/C25H19Cl2N7O/c1-32-15-28-13-23(32)25(35,17-5-8-19(26)9-6-17)18-7-10-22-16(11-18)14-33(24-29-30-31-34(22)24)21-4-2-3-20(27)12-21/h2-13,15,35H,14H2,1H3. The van der Waals surface area contributed by atoms with Gasteiger partial charge in [0.1, 0.15) is 0 Å². The zero-order valence-corrected chi connectivity index (χ0v) is 20.1. The number of aliphatic hydroxyl groups is 1. The summed E-state index contributed by atoms with van der Waals surface area (Å²) in [6.45, 7) is 0.492. The van der Waals surface area contributed by atoms with Gasteiger partial charge in [-0.25, -0.2) is 4.98 Å². The molecule has 5 aromatic rings. The van der Waals surface area contributed by atoms with Crippen molar-refractivity contribution in [3.8, 4) is 5.69 Å². The van der Waals surface area contributed by atoms with E-state index in [1.54, 1.807) is 29.3 Å². The van der Waals surface area contributed by atoms with Crippen molar-refractivity contribution in [3.05, 3.63) is 112 Å². The quantitative estimate of drug-likeness (QED) is 0.384. The minimum atomic E-state index is -1.47. The van der Waals surface area contributed by atoms with Crippen LogP contribution in [-0.2, 0) is 19.2 Å². The van der Waals surface area contributed by atoms with E-state index in [1.807, 2.05) is 71.1 Å². The van der Waals surface area contributed by atoms with E-state index in [-0.39, 0.29) is 0 Å². The monoisotopic (exact) mass is 503 g/mol. The Kier molecular flexibility index (Phi) is 5.10. The number of hydrogen-bond donors (Lipinski definition) is 1. The first kappa shape index (κ1) is 21.8. The van der Waals surface area contributed by atoms with Gasteiger partial charge in [0.05, 0.1) is 30.5 Å². The normalized spacial score (nSPS) is 14.3. The molecule has 3 heterocycles. The molecule has 3 aromatic carbocycles. The minimum Gasteiger partial charge on any atom is -0.374 e. The summed E-state index contributed by atoms with van der Waals surface area (Å²) >= 11 is 12.4. The number of aryl methyl sites for hydroxylation is 1. The molecule has 8 nitrogen and oxygen atoms in total. The number of rotatable bonds is 4. The average molecular weight is 504 g/mol. The number of hydrogen-bond acceptors (Lipinski definition) is 6. The van der Waals surface area contributed by atoms with Gasteiger partial charge >= 0.3 is 0 Å². The van der Waals surface area contributed by atoms with Crippen molar-refractivity contribution in [2.24, 2.45) is 7.05 Å². The second kappa shape index (κ2) is 8.20. The van der Waals surface area contributed by atoms with Gasteiger partial charge in [-0.1, -0.05) is 52.6 Å². The molecule has 1 aliphatic rings. The van der Waals surface area contributed by atoms with Crippen LogP contribution in [0.1, 0.15) is 22.4 Å². The Morgan fingerprint density at radius 3 is 2.49 bits per heavy atom. The van der Waals surface area contributed by atoms with Gasteiger partial charge in [-0.3, -0.25) is 0 Å². The number of imidazole rings is 1. The van der Waals surface area contributed by atoms with Gasteiger partial charge in [0.2, 0.25) is 0 Å². The fourth-order valence-electron chi connectivity index (χ4n) is 4.60. The number of anilines is 2. The summed E-state index contributed by atoms with van der Waals surface area (Å²) in [7, 11) is 1.86. The summed E-state index contributed by atoms with van der Waals surface area (Å²) in [5.74, 6) is 0.590. The minimum absolute atomic E-state index is 0.492. The molecule has 6 rings (SSSR count). The number of nitrogens with zero attached hydrogens (tertiary/aromatic N) is 7. The zero-order chi connectivity index (χ0) is 24.2. The largest absolute Gasteiger partial charge is 0.374 e. The third-order valence-corrected chi connectivity index (χ3v) is 6.80. The van der Waals surface area contributed by atoms with E-state index >= 15 is 0 Å². The van der Waals surface area contributed by atoms with E-state index in [0.29, 0.717) is 39.4 Å². The summed E-state index contributed by atoms with van der Waals surface area (Å²) in [6, 6.07) is 20.5. The lowest BCUT2D eigenvalue weighted by atomic mass is 9.82. The molecule has 0 radical (unpaired) electrons. The van der Waals surface area contributed by atoms with Gasteiger partial charge in [0.15, 0.2) is 5.60 Å². The molecule has 0 saturated heterocycles.